The lowest BCUT2D eigenvalue weighted by molar-refractivity contribution is -0.126. The zero-order valence-corrected chi connectivity index (χ0v) is 13.9. The van der Waals surface area contributed by atoms with Crippen LogP contribution in [0, 0.1) is 5.92 Å². The van der Waals surface area contributed by atoms with Gasteiger partial charge in [-0.05, 0) is 64.6 Å². The third-order valence-corrected chi connectivity index (χ3v) is 5.71. The van der Waals surface area contributed by atoms with Crippen LogP contribution in [-0.4, -0.2) is 42.0 Å². The molecule has 0 bridgehead atoms. The van der Waals surface area contributed by atoms with E-state index in [0.717, 1.165) is 38.8 Å². The summed E-state index contributed by atoms with van der Waals surface area (Å²) in [6.45, 7) is 7.58. The number of nitrogens with two attached hydrogens (primary N) is 1. The fourth-order valence-corrected chi connectivity index (χ4v) is 4.42. The Bertz CT molecular complexity index is 347. The minimum Gasteiger partial charge on any atom is -0.368 e. The van der Waals surface area contributed by atoms with E-state index in [4.69, 9.17) is 5.73 Å². The van der Waals surface area contributed by atoms with Crippen LogP contribution < -0.4 is 11.1 Å². The van der Waals surface area contributed by atoms with Gasteiger partial charge in [-0.2, -0.15) is 0 Å². The molecule has 3 unspecified atom stereocenters. The molecule has 1 saturated carbocycles. The average Bonchev–Trinajstić information content (AvgIpc) is 2.75. The lowest BCUT2D eigenvalue weighted by Crippen LogP contribution is -2.58. The topological polar surface area (TPSA) is 58.4 Å². The Hall–Kier alpha value is -0.610. The first-order valence-electron chi connectivity index (χ1n) is 8.89. The van der Waals surface area contributed by atoms with E-state index < -0.39 is 5.54 Å². The van der Waals surface area contributed by atoms with Gasteiger partial charge in [0.25, 0.3) is 0 Å². The van der Waals surface area contributed by atoms with Crippen LogP contribution in [0.3, 0.4) is 0 Å². The van der Waals surface area contributed by atoms with Crippen LogP contribution in [0.4, 0.5) is 0 Å². The Morgan fingerprint density at radius 2 is 2.10 bits per heavy atom. The van der Waals surface area contributed by atoms with E-state index in [-0.39, 0.29) is 5.91 Å². The van der Waals surface area contributed by atoms with E-state index in [1.807, 2.05) is 0 Å². The molecular weight excluding hydrogens is 262 g/mol. The summed E-state index contributed by atoms with van der Waals surface area (Å²) in [5.41, 5.74) is 5.31. The van der Waals surface area contributed by atoms with E-state index in [0.29, 0.717) is 12.0 Å². The minimum absolute atomic E-state index is 0.143. The van der Waals surface area contributed by atoms with E-state index in [9.17, 15) is 4.79 Å². The number of nitrogens with one attached hydrogen (secondary N) is 1. The van der Waals surface area contributed by atoms with Crippen LogP contribution in [0.5, 0.6) is 0 Å². The van der Waals surface area contributed by atoms with E-state index in [2.05, 4.69) is 24.1 Å². The molecule has 1 saturated heterocycles. The number of carbonyl (C=O) groups excluding carboxylic acids is 1. The molecule has 2 fully saturated rings. The second kappa shape index (κ2) is 7.59. The standard InChI is InChI=1S/C17H33N3O/c1-3-19-17(16(18)21)11-7-9-15(17)10-13-20-12-6-4-5-8-14(20)2/h14-15,19H,3-13H2,1-2H3,(H2,18,21). The van der Waals surface area contributed by atoms with E-state index in [1.54, 1.807) is 0 Å². The molecule has 0 aromatic rings. The molecule has 1 amide bonds. The lowest BCUT2D eigenvalue weighted by atomic mass is 9.83. The van der Waals surface area contributed by atoms with Crippen molar-refractivity contribution in [2.45, 2.75) is 76.8 Å². The van der Waals surface area contributed by atoms with Crippen LogP contribution in [-0.2, 0) is 4.79 Å². The summed E-state index contributed by atoms with van der Waals surface area (Å²) in [5.74, 6) is 0.265. The Morgan fingerprint density at radius 3 is 2.81 bits per heavy atom. The normalized spacial score (nSPS) is 34.8. The molecule has 3 atom stereocenters. The highest BCUT2D eigenvalue weighted by Crippen LogP contribution is 2.38. The van der Waals surface area contributed by atoms with Gasteiger partial charge in [-0.1, -0.05) is 26.2 Å². The summed E-state index contributed by atoms with van der Waals surface area (Å²) in [6, 6.07) is 0.691. The summed E-state index contributed by atoms with van der Waals surface area (Å²) in [7, 11) is 0. The first-order chi connectivity index (χ1) is 10.1. The smallest absolute Gasteiger partial charge is 0.238 e. The maximum atomic E-state index is 12.0. The Balaban J connectivity index is 1.95. The second-order valence-corrected chi connectivity index (χ2v) is 6.98. The number of carbonyl (C=O) groups is 1. The van der Waals surface area contributed by atoms with E-state index >= 15 is 0 Å². The fourth-order valence-electron chi connectivity index (χ4n) is 4.42. The molecule has 122 valence electrons. The van der Waals surface area contributed by atoms with Crippen LogP contribution in [0.1, 0.15) is 65.2 Å². The highest BCUT2D eigenvalue weighted by Gasteiger charge is 2.46. The van der Waals surface area contributed by atoms with Crippen molar-refractivity contribution in [3.8, 4) is 0 Å². The van der Waals surface area contributed by atoms with Gasteiger partial charge in [-0.25, -0.2) is 0 Å². The second-order valence-electron chi connectivity index (χ2n) is 6.98. The number of amides is 1. The highest BCUT2D eigenvalue weighted by atomic mass is 16.1. The van der Waals surface area contributed by atoms with Crippen LogP contribution in [0.25, 0.3) is 0 Å². The van der Waals surface area contributed by atoms with Gasteiger partial charge in [0.1, 0.15) is 5.54 Å². The predicted molar refractivity (Wildman–Crippen MR) is 87.1 cm³/mol. The van der Waals surface area contributed by atoms with Crippen molar-refractivity contribution in [2.75, 3.05) is 19.6 Å². The van der Waals surface area contributed by atoms with Gasteiger partial charge in [-0.3, -0.25) is 4.79 Å². The number of hydrogen-bond donors (Lipinski definition) is 2. The quantitative estimate of drug-likeness (QED) is 0.790. The van der Waals surface area contributed by atoms with Crippen LogP contribution in [0.15, 0.2) is 0 Å². The summed E-state index contributed by atoms with van der Waals surface area (Å²) in [5, 5.41) is 3.43. The van der Waals surface area contributed by atoms with Crippen molar-refractivity contribution in [2.24, 2.45) is 11.7 Å². The SMILES string of the molecule is CCNC1(C(N)=O)CCCC1CCN1CCCCCC1C. The third-order valence-electron chi connectivity index (χ3n) is 5.71. The first-order valence-corrected chi connectivity index (χ1v) is 8.89. The van der Waals surface area contributed by atoms with Gasteiger partial charge in [0.2, 0.25) is 5.91 Å². The van der Waals surface area contributed by atoms with Crippen molar-refractivity contribution in [1.29, 1.82) is 0 Å². The first kappa shape index (κ1) is 16.8. The third kappa shape index (κ3) is 3.78. The Labute approximate surface area is 129 Å². The molecule has 2 rings (SSSR count). The van der Waals surface area contributed by atoms with Gasteiger partial charge in [0.05, 0.1) is 0 Å². The molecule has 0 spiro atoms. The Kier molecular flexibility index (Phi) is 6.06. The number of likely N-dealkylation sites (tertiary alicyclic amines) is 1. The maximum absolute atomic E-state index is 12.0. The van der Waals surface area contributed by atoms with Gasteiger partial charge in [-0.15, -0.1) is 0 Å². The summed E-state index contributed by atoms with van der Waals surface area (Å²) >= 11 is 0. The van der Waals surface area contributed by atoms with Gasteiger partial charge >= 0.3 is 0 Å². The molecule has 0 radical (unpaired) electrons. The van der Waals surface area contributed by atoms with Crippen molar-refractivity contribution >= 4 is 5.91 Å². The van der Waals surface area contributed by atoms with Gasteiger partial charge in [0, 0.05) is 6.04 Å². The van der Waals surface area contributed by atoms with Crippen molar-refractivity contribution < 1.29 is 4.79 Å². The zero-order valence-electron chi connectivity index (χ0n) is 13.9. The number of likely N-dealkylation sites (N-methyl/N-ethyl adjacent to an activating group) is 1. The van der Waals surface area contributed by atoms with Crippen LogP contribution in [0.2, 0.25) is 0 Å². The van der Waals surface area contributed by atoms with Crippen molar-refractivity contribution in [1.82, 2.24) is 10.2 Å². The molecule has 1 aliphatic heterocycles. The summed E-state index contributed by atoms with van der Waals surface area (Å²) in [6.07, 6.45) is 9.64. The molecular formula is C17H33N3O. The summed E-state index contributed by atoms with van der Waals surface area (Å²) in [4.78, 5) is 14.7. The number of hydrogen-bond acceptors (Lipinski definition) is 3. The molecule has 3 N–H and O–H groups in total. The predicted octanol–water partition coefficient (Wildman–Crippen LogP) is 2.27. The summed E-state index contributed by atoms with van der Waals surface area (Å²) < 4.78 is 0. The van der Waals surface area contributed by atoms with Gasteiger partial charge < -0.3 is 16.0 Å². The molecule has 21 heavy (non-hydrogen) atoms. The monoisotopic (exact) mass is 295 g/mol. The molecule has 1 aliphatic carbocycles. The fraction of sp³-hybridized carbons (Fsp3) is 0.941. The van der Waals surface area contributed by atoms with Gasteiger partial charge in [0.15, 0.2) is 0 Å². The molecule has 4 nitrogen and oxygen atoms in total. The van der Waals surface area contributed by atoms with Crippen molar-refractivity contribution in [3.63, 3.8) is 0 Å². The highest BCUT2D eigenvalue weighted by molar-refractivity contribution is 5.85. The molecule has 1 heterocycles. The molecule has 0 aromatic carbocycles. The van der Waals surface area contributed by atoms with Crippen molar-refractivity contribution in [3.05, 3.63) is 0 Å². The zero-order chi connectivity index (χ0) is 15.3. The lowest BCUT2D eigenvalue weighted by Gasteiger charge is -2.35. The van der Waals surface area contributed by atoms with Crippen LogP contribution >= 0.6 is 0 Å². The Morgan fingerprint density at radius 1 is 1.29 bits per heavy atom. The minimum atomic E-state index is -0.441. The molecule has 2 aliphatic rings. The molecule has 0 aromatic heterocycles. The number of rotatable bonds is 6. The molecule has 4 heteroatoms. The number of nitrogens with zero attached hydrogens (tertiary/aromatic N) is 1. The number of primary amides is 1. The maximum Gasteiger partial charge on any atom is 0.238 e. The average molecular weight is 295 g/mol. The largest absolute Gasteiger partial charge is 0.368 e. The van der Waals surface area contributed by atoms with E-state index in [1.165, 1.54) is 32.2 Å².